The van der Waals surface area contributed by atoms with Gasteiger partial charge in [-0.1, -0.05) is 11.8 Å². The van der Waals surface area contributed by atoms with Crippen LogP contribution in [-0.4, -0.2) is 25.9 Å². The summed E-state index contributed by atoms with van der Waals surface area (Å²) in [7, 11) is 0. The van der Waals surface area contributed by atoms with Crippen molar-refractivity contribution in [3.8, 4) is 6.07 Å². The maximum Gasteiger partial charge on any atom is 0.325 e. The van der Waals surface area contributed by atoms with Gasteiger partial charge in [0.25, 0.3) is 10.8 Å². The molecule has 19 heavy (non-hydrogen) atoms. The number of aryl methyl sites for hydroxylation is 1. The largest absolute Gasteiger partial charge is 0.416 e. The van der Waals surface area contributed by atoms with E-state index in [0.717, 1.165) is 11.8 Å². The Balaban J connectivity index is 2.22. The molecule has 0 bridgehead atoms. The number of aromatic nitrogens is 4. The third kappa shape index (κ3) is 3.11. The molecule has 0 atom stereocenters. The lowest BCUT2D eigenvalue weighted by Gasteiger charge is -1.99. The van der Waals surface area contributed by atoms with Gasteiger partial charge in [0.05, 0.1) is 18.2 Å². The summed E-state index contributed by atoms with van der Waals surface area (Å²) in [6, 6.07) is 1.94. The molecule has 0 aromatic carbocycles. The highest BCUT2D eigenvalue weighted by Crippen LogP contribution is 2.16. The van der Waals surface area contributed by atoms with Crippen LogP contribution in [0.25, 0.3) is 0 Å². The molecule has 2 aromatic rings. The maximum absolute atomic E-state index is 11.6. The Morgan fingerprint density at radius 2 is 2.16 bits per heavy atom. The predicted molar refractivity (Wildman–Crippen MR) is 65.9 cm³/mol. The summed E-state index contributed by atoms with van der Waals surface area (Å²) in [6.45, 7) is 1.62. The van der Waals surface area contributed by atoms with E-state index in [0.29, 0.717) is 11.3 Å². The number of hydrogen-bond acceptors (Lipinski definition) is 7. The molecule has 2 aromatic heterocycles. The first-order valence-electron chi connectivity index (χ1n) is 5.24. The Morgan fingerprint density at radius 1 is 1.37 bits per heavy atom. The molecule has 0 unspecified atom stereocenters. The summed E-state index contributed by atoms with van der Waals surface area (Å²) in [6.07, 6.45) is 0.123. The second kappa shape index (κ2) is 5.53. The van der Waals surface area contributed by atoms with Crippen LogP contribution in [0.15, 0.2) is 19.2 Å². The number of nitrogens with one attached hydrogen (secondary N) is 2. The van der Waals surface area contributed by atoms with E-state index in [-0.39, 0.29) is 23.3 Å². The highest BCUT2D eigenvalue weighted by atomic mass is 32.2. The quantitative estimate of drug-likeness (QED) is 0.751. The first-order chi connectivity index (χ1) is 9.10. The summed E-state index contributed by atoms with van der Waals surface area (Å²) < 4.78 is 5.27. The molecular weight excluding hydrogens is 270 g/mol. The lowest BCUT2D eigenvalue weighted by molar-refractivity contribution is 0.420. The van der Waals surface area contributed by atoms with Crippen molar-refractivity contribution in [2.75, 3.05) is 5.75 Å². The Morgan fingerprint density at radius 3 is 2.84 bits per heavy atom. The topological polar surface area (TPSA) is 128 Å². The van der Waals surface area contributed by atoms with E-state index in [4.69, 9.17) is 9.68 Å². The van der Waals surface area contributed by atoms with E-state index < -0.39 is 11.2 Å². The van der Waals surface area contributed by atoms with Gasteiger partial charge in [-0.05, 0) is 6.92 Å². The van der Waals surface area contributed by atoms with Crippen molar-refractivity contribution < 1.29 is 4.42 Å². The number of H-pyrrole nitrogens is 2. The summed E-state index contributed by atoms with van der Waals surface area (Å²) in [4.78, 5) is 27.3. The van der Waals surface area contributed by atoms with Gasteiger partial charge < -0.3 is 9.40 Å². The van der Waals surface area contributed by atoms with Gasteiger partial charge in [-0.3, -0.25) is 9.78 Å². The van der Waals surface area contributed by atoms with E-state index in [1.807, 2.05) is 6.07 Å². The van der Waals surface area contributed by atoms with Crippen molar-refractivity contribution in [3.63, 3.8) is 0 Å². The van der Waals surface area contributed by atoms with Gasteiger partial charge in [0.15, 0.2) is 0 Å². The van der Waals surface area contributed by atoms with Gasteiger partial charge >= 0.3 is 5.69 Å². The zero-order valence-corrected chi connectivity index (χ0v) is 10.7. The van der Waals surface area contributed by atoms with Crippen LogP contribution in [0.2, 0.25) is 0 Å². The van der Waals surface area contributed by atoms with E-state index in [2.05, 4.69) is 20.2 Å². The average molecular weight is 279 g/mol. The second-order valence-electron chi connectivity index (χ2n) is 3.60. The fourth-order valence-corrected chi connectivity index (χ4v) is 1.89. The van der Waals surface area contributed by atoms with Gasteiger partial charge in [-0.2, -0.15) is 5.26 Å². The third-order valence-electron chi connectivity index (χ3n) is 2.29. The van der Waals surface area contributed by atoms with Crippen LogP contribution in [0.4, 0.5) is 0 Å². The zero-order valence-electron chi connectivity index (χ0n) is 9.89. The minimum absolute atomic E-state index is 0.123. The van der Waals surface area contributed by atoms with Crippen molar-refractivity contribution in [2.45, 2.75) is 18.6 Å². The van der Waals surface area contributed by atoms with Gasteiger partial charge in [0.1, 0.15) is 0 Å². The molecule has 2 heterocycles. The predicted octanol–water partition coefficient (Wildman–Crippen LogP) is -0.0389. The molecule has 98 valence electrons. The molecule has 0 fully saturated rings. The molecule has 0 aliphatic rings. The minimum atomic E-state index is -0.554. The molecule has 0 spiro atoms. The molecular formula is C10H9N5O3S. The highest BCUT2D eigenvalue weighted by molar-refractivity contribution is 7.99. The fraction of sp³-hybridized carbons (Fsp3) is 0.300. The van der Waals surface area contributed by atoms with Crippen molar-refractivity contribution in [2.24, 2.45) is 0 Å². The van der Waals surface area contributed by atoms with Gasteiger partial charge in [0, 0.05) is 11.3 Å². The van der Waals surface area contributed by atoms with Crippen LogP contribution in [0, 0.1) is 18.3 Å². The molecule has 8 nitrogen and oxygen atoms in total. The average Bonchev–Trinajstić information content (AvgIpc) is 2.79. The molecule has 0 amide bonds. The van der Waals surface area contributed by atoms with Crippen molar-refractivity contribution in [1.29, 1.82) is 5.26 Å². The fourth-order valence-electron chi connectivity index (χ4n) is 1.45. The molecule has 0 aliphatic heterocycles. The number of thioether (sulfide) groups is 1. The van der Waals surface area contributed by atoms with Crippen molar-refractivity contribution >= 4 is 11.8 Å². The lowest BCUT2D eigenvalue weighted by atomic mass is 10.2. The van der Waals surface area contributed by atoms with Gasteiger partial charge in [-0.25, -0.2) is 4.79 Å². The normalized spacial score (nSPS) is 10.3. The van der Waals surface area contributed by atoms with E-state index in [9.17, 15) is 9.59 Å². The summed E-state index contributed by atoms with van der Waals surface area (Å²) in [5.41, 5.74) is -0.217. The summed E-state index contributed by atoms with van der Waals surface area (Å²) in [5.74, 6) is 0.459. The van der Waals surface area contributed by atoms with Crippen LogP contribution >= 0.6 is 11.8 Å². The number of hydrogen-bond donors (Lipinski definition) is 2. The lowest BCUT2D eigenvalue weighted by Crippen LogP contribution is -2.27. The molecule has 0 radical (unpaired) electrons. The summed E-state index contributed by atoms with van der Waals surface area (Å²) >= 11 is 1.12. The Kier molecular flexibility index (Phi) is 3.82. The smallest absolute Gasteiger partial charge is 0.325 e. The zero-order chi connectivity index (χ0) is 13.8. The molecule has 0 aliphatic carbocycles. The monoisotopic (exact) mass is 279 g/mol. The minimum Gasteiger partial charge on any atom is -0.416 e. The number of aromatic amines is 2. The molecule has 2 N–H and O–H groups in total. The SMILES string of the molecule is Cc1[nH]c(=O)[nH]c(=O)c1Cc1nnc(SCC#N)o1. The molecule has 9 heteroatoms. The maximum atomic E-state index is 11.6. The van der Waals surface area contributed by atoms with Crippen LogP contribution in [-0.2, 0) is 6.42 Å². The number of nitrogens with zero attached hydrogens (tertiary/aromatic N) is 3. The molecule has 0 saturated heterocycles. The second-order valence-corrected chi connectivity index (χ2v) is 4.52. The van der Waals surface area contributed by atoms with Gasteiger partial charge in [-0.15, -0.1) is 10.2 Å². The third-order valence-corrected chi connectivity index (χ3v) is 2.98. The first-order valence-corrected chi connectivity index (χ1v) is 6.23. The number of rotatable bonds is 4. The first kappa shape index (κ1) is 13.1. The number of nitriles is 1. The van der Waals surface area contributed by atoms with Crippen LogP contribution in [0.1, 0.15) is 17.1 Å². The Bertz CT molecular complexity index is 739. The summed E-state index contributed by atoms with van der Waals surface area (Å²) in [5, 5.41) is 16.2. The Labute approximate surface area is 110 Å². The van der Waals surface area contributed by atoms with Gasteiger partial charge in [0.2, 0.25) is 5.89 Å². The van der Waals surface area contributed by atoms with E-state index in [1.54, 1.807) is 6.92 Å². The van der Waals surface area contributed by atoms with E-state index in [1.165, 1.54) is 0 Å². The highest BCUT2D eigenvalue weighted by Gasteiger charge is 2.12. The van der Waals surface area contributed by atoms with Crippen LogP contribution < -0.4 is 11.2 Å². The van der Waals surface area contributed by atoms with Crippen LogP contribution in [0.3, 0.4) is 0 Å². The van der Waals surface area contributed by atoms with E-state index >= 15 is 0 Å². The molecule has 2 rings (SSSR count). The Hall–Kier alpha value is -2.34. The van der Waals surface area contributed by atoms with Crippen LogP contribution in [0.5, 0.6) is 0 Å². The van der Waals surface area contributed by atoms with Crippen molar-refractivity contribution in [3.05, 3.63) is 38.0 Å². The molecule has 0 saturated carbocycles. The van der Waals surface area contributed by atoms with Crippen molar-refractivity contribution in [1.82, 2.24) is 20.2 Å². The standard InChI is InChI=1S/C10H9N5O3S/c1-5-6(8(16)13-9(17)12-5)4-7-14-15-10(18-7)19-3-2-11/h3-4H2,1H3,(H2,12,13,16,17).